The zero-order valence-corrected chi connectivity index (χ0v) is 13.6. The van der Waals surface area contributed by atoms with Crippen LogP contribution in [0.25, 0.3) is 0 Å². The van der Waals surface area contributed by atoms with Gasteiger partial charge in [0.05, 0.1) is 12.0 Å². The summed E-state index contributed by atoms with van der Waals surface area (Å²) >= 11 is 7.23. The third-order valence-corrected chi connectivity index (χ3v) is 4.25. The molecular weight excluding hydrogens is 336 g/mol. The summed E-state index contributed by atoms with van der Waals surface area (Å²) < 4.78 is 10.5. The van der Waals surface area contributed by atoms with E-state index >= 15 is 0 Å². The summed E-state index contributed by atoms with van der Waals surface area (Å²) in [5.41, 5.74) is 3.31. The van der Waals surface area contributed by atoms with Crippen molar-refractivity contribution in [3.63, 3.8) is 0 Å². The summed E-state index contributed by atoms with van der Waals surface area (Å²) in [6.07, 6.45) is 1.56. The number of halogens is 1. The van der Waals surface area contributed by atoms with Gasteiger partial charge >= 0.3 is 0 Å². The molecule has 1 N–H and O–H groups in total. The van der Waals surface area contributed by atoms with Gasteiger partial charge in [0.25, 0.3) is 0 Å². The third-order valence-electron chi connectivity index (χ3n) is 2.98. The van der Waals surface area contributed by atoms with Crippen LogP contribution in [0.15, 0.2) is 52.5 Å². The predicted octanol–water partition coefficient (Wildman–Crippen LogP) is 3.31. The minimum Gasteiger partial charge on any atom is -0.454 e. The highest BCUT2D eigenvalue weighted by atomic mass is 35.5. The van der Waals surface area contributed by atoms with Crippen molar-refractivity contribution in [2.75, 3.05) is 12.5 Å². The maximum Gasteiger partial charge on any atom is 0.250 e. The van der Waals surface area contributed by atoms with E-state index in [0.29, 0.717) is 16.5 Å². The van der Waals surface area contributed by atoms with E-state index in [9.17, 15) is 4.79 Å². The molecule has 0 saturated carbocycles. The number of hydrazone groups is 1. The Hall–Kier alpha value is -2.18. The summed E-state index contributed by atoms with van der Waals surface area (Å²) in [5, 5.41) is 4.61. The molecule has 2 aromatic carbocycles. The third kappa shape index (κ3) is 4.40. The first-order valence-corrected chi connectivity index (χ1v) is 8.17. The van der Waals surface area contributed by atoms with Gasteiger partial charge in [0.2, 0.25) is 12.7 Å². The number of hydrogen-bond donors (Lipinski definition) is 1. The first kappa shape index (κ1) is 15.7. The fraction of sp³-hybridized carbons (Fsp3) is 0.125. The fourth-order valence-corrected chi connectivity index (χ4v) is 2.70. The summed E-state index contributed by atoms with van der Waals surface area (Å²) in [6, 6.07) is 12.8. The maximum atomic E-state index is 11.7. The van der Waals surface area contributed by atoms with Crippen molar-refractivity contribution in [2.24, 2.45) is 5.10 Å². The van der Waals surface area contributed by atoms with Crippen molar-refractivity contribution in [3.8, 4) is 11.5 Å². The largest absolute Gasteiger partial charge is 0.454 e. The lowest BCUT2D eigenvalue weighted by molar-refractivity contribution is -0.118. The van der Waals surface area contributed by atoms with Gasteiger partial charge in [-0.3, -0.25) is 4.79 Å². The topological polar surface area (TPSA) is 59.9 Å². The monoisotopic (exact) mass is 348 g/mol. The van der Waals surface area contributed by atoms with Crippen LogP contribution in [-0.4, -0.2) is 24.7 Å². The molecule has 0 fully saturated rings. The van der Waals surface area contributed by atoms with Gasteiger partial charge in [-0.2, -0.15) is 5.10 Å². The number of nitrogens with zero attached hydrogens (tertiary/aromatic N) is 1. The van der Waals surface area contributed by atoms with Crippen LogP contribution < -0.4 is 14.9 Å². The molecule has 1 amide bonds. The van der Waals surface area contributed by atoms with Crippen LogP contribution in [0.5, 0.6) is 11.5 Å². The standard InChI is InChI=1S/C16H13ClN2O3S/c17-12-2-4-13(5-3-12)23-9-16(20)19-18-8-11-1-6-14-15(7-11)22-10-21-14/h1-8H,9-10H2,(H,19,20)/b18-8+. The summed E-state index contributed by atoms with van der Waals surface area (Å²) in [6.45, 7) is 0.231. The molecule has 0 radical (unpaired) electrons. The molecular formula is C16H13ClN2O3S. The highest BCUT2D eigenvalue weighted by Gasteiger charge is 2.12. The van der Waals surface area contributed by atoms with Gasteiger partial charge < -0.3 is 9.47 Å². The lowest BCUT2D eigenvalue weighted by atomic mass is 10.2. The number of rotatable bonds is 5. The Labute approximate surface area is 142 Å². The first-order valence-electron chi connectivity index (χ1n) is 6.80. The fourth-order valence-electron chi connectivity index (χ4n) is 1.88. The van der Waals surface area contributed by atoms with Gasteiger partial charge in [-0.05, 0) is 48.0 Å². The number of ether oxygens (including phenoxy) is 2. The molecule has 23 heavy (non-hydrogen) atoms. The minimum absolute atomic E-state index is 0.179. The van der Waals surface area contributed by atoms with Crippen LogP contribution in [0.4, 0.5) is 0 Å². The number of nitrogens with one attached hydrogen (secondary N) is 1. The van der Waals surface area contributed by atoms with Gasteiger partial charge in [0.1, 0.15) is 0 Å². The lowest BCUT2D eigenvalue weighted by Crippen LogP contribution is -2.19. The number of thioether (sulfide) groups is 1. The SMILES string of the molecule is O=C(CSc1ccc(Cl)cc1)N/N=C/c1ccc2c(c1)OCO2. The van der Waals surface area contributed by atoms with Gasteiger partial charge in [0, 0.05) is 9.92 Å². The highest BCUT2D eigenvalue weighted by Crippen LogP contribution is 2.31. The van der Waals surface area contributed by atoms with E-state index in [4.69, 9.17) is 21.1 Å². The summed E-state index contributed by atoms with van der Waals surface area (Å²) in [7, 11) is 0. The van der Waals surface area contributed by atoms with Crippen LogP contribution >= 0.6 is 23.4 Å². The maximum absolute atomic E-state index is 11.7. The lowest BCUT2D eigenvalue weighted by Gasteiger charge is -2.01. The van der Waals surface area contributed by atoms with Gasteiger partial charge in [0.15, 0.2) is 11.5 Å². The molecule has 0 saturated heterocycles. The number of amides is 1. The number of benzene rings is 2. The molecule has 0 atom stereocenters. The minimum atomic E-state index is -0.179. The van der Waals surface area contributed by atoms with E-state index in [2.05, 4.69) is 10.5 Å². The number of carbonyl (C=O) groups excluding carboxylic acids is 1. The molecule has 1 heterocycles. The summed E-state index contributed by atoms with van der Waals surface area (Å²) in [5.74, 6) is 1.49. The van der Waals surface area contributed by atoms with E-state index in [1.807, 2.05) is 24.3 Å². The average Bonchev–Trinajstić information content (AvgIpc) is 3.02. The van der Waals surface area contributed by atoms with Gasteiger partial charge in [-0.15, -0.1) is 11.8 Å². The molecule has 118 valence electrons. The highest BCUT2D eigenvalue weighted by molar-refractivity contribution is 8.00. The quantitative estimate of drug-likeness (QED) is 0.511. The van der Waals surface area contributed by atoms with Crippen molar-refractivity contribution in [3.05, 3.63) is 53.1 Å². The van der Waals surface area contributed by atoms with E-state index in [-0.39, 0.29) is 18.5 Å². The predicted molar refractivity (Wildman–Crippen MR) is 90.5 cm³/mol. The zero-order chi connectivity index (χ0) is 16.1. The van der Waals surface area contributed by atoms with E-state index in [0.717, 1.165) is 10.5 Å². The number of hydrogen-bond acceptors (Lipinski definition) is 5. The Balaban J connectivity index is 1.47. The van der Waals surface area contributed by atoms with Crippen molar-refractivity contribution in [1.29, 1.82) is 0 Å². The van der Waals surface area contributed by atoms with Crippen molar-refractivity contribution >= 4 is 35.5 Å². The Kier molecular flexibility index (Phi) is 5.05. The van der Waals surface area contributed by atoms with E-state index in [1.165, 1.54) is 11.8 Å². The Morgan fingerprint density at radius 1 is 1.22 bits per heavy atom. The van der Waals surface area contributed by atoms with Crippen LogP contribution in [0.2, 0.25) is 5.02 Å². The molecule has 7 heteroatoms. The smallest absolute Gasteiger partial charge is 0.250 e. The van der Waals surface area contributed by atoms with Crippen molar-refractivity contribution in [1.82, 2.24) is 5.43 Å². The Morgan fingerprint density at radius 3 is 2.83 bits per heavy atom. The second-order valence-corrected chi connectivity index (χ2v) is 6.13. The molecule has 0 spiro atoms. The number of fused-ring (bicyclic) bond motifs is 1. The summed E-state index contributed by atoms with van der Waals surface area (Å²) in [4.78, 5) is 12.7. The average molecular weight is 349 g/mol. The second kappa shape index (κ2) is 7.39. The van der Waals surface area contributed by atoms with Gasteiger partial charge in [-0.25, -0.2) is 5.43 Å². The van der Waals surface area contributed by atoms with Crippen molar-refractivity contribution < 1.29 is 14.3 Å². The Bertz CT molecular complexity index is 735. The molecule has 3 rings (SSSR count). The zero-order valence-electron chi connectivity index (χ0n) is 12.0. The van der Waals surface area contributed by atoms with E-state index in [1.54, 1.807) is 24.4 Å². The second-order valence-electron chi connectivity index (χ2n) is 4.65. The van der Waals surface area contributed by atoms with Crippen LogP contribution in [-0.2, 0) is 4.79 Å². The van der Waals surface area contributed by atoms with Crippen LogP contribution in [0.3, 0.4) is 0 Å². The van der Waals surface area contributed by atoms with Gasteiger partial charge in [-0.1, -0.05) is 11.6 Å². The normalized spacial score (nSPS) is 12.6. The molecule has 2 aromatic rings. The molecule has 0 bridgehead atoms. The number of carbonyl (C=O) groups is 1. The molecule has 1 aliphatic rings. The molecule has 1 aliphatic heterocycles. The molecule has 0 unspecified atom stereocenters. The van der Waals surface area contributed by atoms with Crippen molar-refractivity contribution in [2.45, 2.75) is 4.90 Å². The molecule has 0 aromatic heterocycles. The first-order chi connectivity index (χ1) is 11.2. The molecule has 5 nitrogen and oxygen atoms in total. The molecule has 0 aliphatic carbocycles. The van der Waals surface area contributed by atoms with E-state index < -0.39 is 0 Å². The Morgan fingerprint density at radius 2 is 2.00 bits per heavy atom. The van der Waals surface area contributed by atoms with Crippen LogP contribution in [0.1, 0.15) is 5.56 Å². The van der Waals surface area contributed by atoms with Crippen LogP contribution in [0, 0.1) is 0 Å².